The number of anilines is 1. The maximum Gasteiger partial charge on any atom is 0.288 e. The quantitative estimate of drug-likeness (QED) is 0.594. The van der Waals surface area contributed by atoms with E-state index >= 15 is 0 Å². The van der Waals surface area contributed by atoms with E-state index in [-0.39, 0.29) is 35.7 Å². The molecular formula is C24H30Cl2N4O2. The highest BCUT2D eigenvalue weighted by atomic mass is 35.5. The van der Waals surface area contributed by atoms with Crippen LogP contribution in [0, 0.1) is 23.2 Å². The van der Waals surface area contributed by atoms with Crippen molar-refractivity contribution >= 4 is 34.7 Å². The van der Waals surface area contributed by atoms with Crippen molar-refractivity contribution in [1.29, 1.82) is 0 Å². The molecule has 0 amide bonds. The van der Waals surface area contributed by atoms with Crippen LogP contribution in [0.4, 0.5) is 5.69 Å². The van der Waals surface area contributed by atoms with Crippen LogP contribution in [0.25, 0.3) is 0 Å². The van der Waals surface area contributed by atoms with Crippen molar-refractivity contribution in [2.75, 3.05) is 5.32 Å². The van der Waals surface area contributed by atoms with E-state index in [0.717, 1.165) is 16.7 Å². The molecule has 2 aromatic heterocycles. The van der Waals surface area contributed by atoms with Crippen LogP contribution in [0.15, 0.2) is 29.5 Å². The number of fused-ring (bicyclic) bond motifs is 2. The molecule has 0 aromatic carbocycles. The van der Waals surface area contributed by atoms with E-state index in [0.29, 0.717) is 33.9 Å². The van der Waals surface area contributed by atoms with Crippen molar-refractivity contribution in [3.05, 3.63) is 50.6 Å². The van der Waals surface area contributed by atoms with E-state index in [9.17, 15) is 9.59 Å². The minimum Gasteiger partial charge on any atom is -0.379 e. The van der Waals surface area contributed by atoms with Crippen molar-refractivity contribution in [2.45, 2.75) is 65.5 Å². The summed E-state index contributed by atoms with van der Waals surface area (Å²) in [5.74, 6) is 1.67. The third-order valence-corrected chi connectivity index (χ3v) is 8.56. The highest BCUT2D eigenvalue weighted by Crippen LogP contribution is 2.61. The minimum atomic E-state index is -0.450. The van der Waals surface area contributed by atoms with Gasteiger partial charge in [0.25, 0.3) is 5.56 Å². The third kappa shape index (κ3) is 4.19. The van der Waals surface area contributed by atoms with E-state index in [1.807, 2.05) is 6.92 Å². The summed E-state index contributed by atoms with van der Waals surface area (Å²) >= 11 is 12.6. The average molecular weight is 477 g/mol. The zero-order valence-corrected chi connectivity index (χ0v) is 20.5. The van der Waals surface area contributed by atoms with Crippen LogP contribution in [-0.4, -0.2) is 26.6 Å². The van der Waals surface area contributed by atoms with E-state index in [1.165, 1.54) is 6.42 Å². The van der Waals surface area contributed by atoms with E-state index < -0.39 is 5.56 Å². The van der Waals surface area contributed by atoms with Crippen LogP contribution in [-0.2, 0) is 11.3 Å². The van der Waals surface area contributed by atoms with Crippen LogP contribution in [0.3, 0.4) is 0 Å². The molecular weight excluding hydrogens is 447 g/mol. The Hall–Kier alpha value is -1.92. The maximum atomic E-state index is 12.8. The molecule has 0 spiro atoms. The average Bonchev–Trinajstić information content (AvgIpc) is 2.74. The lowest BCUT2D eigenvalue weighted by Gasteiger charge is -2.62. The smallest absolute Gasteiger partial charge is 0.288 e. The number of carbonyl (C=O) groups excluding carboxylic acids is 1. The van der Waals surface area contributed by atoms with Gasteiger partial charge in [0.05, 0.1) is 16.9 Å². The van der Waals surface area contributed by atoms with Crippen molar-refractivity contribution < 1.29 is 4.79 Å². The standard InChI is InChI=1S/C24H30Cl2N4O2/c1-13(17-5-6-27-10-19(17)25)7-16(31)12-30-23(32)22(26)21(11-28-30)29-20-9-15-8-18(14(20)2)24(15,3)4/h5-6,10-11,13-15,18,20,29H,7-9,12H2,1-4H3/t13?,14-,15+,18-,20?/m1/s1. The molecule has 0 aliphatic heterocycles. The number of ketones is 1. The Morgan fingerprint density at radius 2 is 2.06 bits per heavy atom. The van der Waals surface area contributed by atoms with Gasteiger partial charge >= 0.3 is 0 Å². The van der Waals surface area contributed by atoms with Gasteiger partial charge in [0.15, 0.2) is 5.78 Å². The van der Waals surface area contributed by atoms with Crippen LogP contribution in [0.2, 0.25) is 10.0 Å². The molecule has 8 heteroatoms. The van der Waals surface area contributed by atoms with Gasteiger partial charge < -0.3 is 5.32 Å². The molecule has 2 unspecified atom stereocenters. The predicted molar refractivity (Wildman–Crippen MR) is 127 cm³/mol. The summed E-state index contributed by atoms with van der Waals surface area (Å²) in [7, 11) is 0. The number of Topliss-reactive ketones (excluding diaryl/α,β-unsaturated/α-hetero) is 1. The summed E-state index contributed by atoms with van der Waals surface area (Å²) in [6.07, 6.45) is 7.37. The van der Waals surface area contributed by atoms with Gasteiger partial charge in [0.2, 0.25) is 0 Å². The second-order valence-corrected chi connectivity index (χ2v) is 10.9. The molecule has 32 heavy (non-hydrogen) atoms. The topological polar surface area (TPSA) is 76.9 Å². The molecule has 172 valence electrons. The molecule has 3 aliphatic rings. The number of pyridine rings is 1. The Morgan fingerprint density at radius 3 is 2.72 bits per heavy atom. The number of nitrogens with zero attached hydrogens (tertiary/aromatic N) is 3. The van der Waals surface area contributed by atoms with Crippen molar-refractivity contribution in [3.63, 3.8) is 0 Å². The van der Waals surface area contributed by atoms with Gasteiger partial charge in [-0.3, -0.25) is 14.6 Å². The predicted octanol–water partition coefficient (Wildman–Crippen LogP) is 5.19. The molecule has 3 aliphatic carbocycles. The van der Waals surface area contributed by atoms with Crippen molar-refractivity contribution in [3.8, 4) is 0 Å². The Bertz CT molecular complexity index is 1080. The molecule has 5 rings (SSSR count). The molecule has 0 radical (unpaired) electrons. The number of hydrogen-bond acceptors (Lipinski definition) is 5. The first kappa shape index (κ1) is 23.2. The minimum absolute atomic E-state index is 0.0868. The summed E-state index contributed by atoms with van der Waals surface area (Å²) in [6.45, 7) is 8.79. The van der Waals surface area contributed by atoms with Gasteiger partial charge in [0, 0.05) is 24.9 Å². The fraction of sp³-hybridized carbons (Fsp3) is 0.583. The monoisotopic (exact) mass is 476 g/mol. The van der Waals surface area contributed by atoms with Gasteiger partial charge in [-0.05, 0) is 53.6 Å². The highest BCUT2D eigenvalue weighted by molar-refractivity contribution is 6.33. The first-order valence-corrected chi connectivity index (χ1v) is 12.0. The van der Waals surface area contributed by atoms with Crippen molar-refractivity contribution in [2.24, 2.45) is 23.2 Å². The largest absolute Gasteiger partial charge is 0.379 e. The zero-order valence-electron chi connectivity index (χ0n) is 18.9. The van der Waals surface area contributed by atoms with Gasteiger partial charge in [-0.1, -0.05) is 50.9 Å². The summed E-state index contributed by atoms with van der Waals surface area (Å²) in [5, 5.41) is 8.31. The van der Waals surface area contributed by atoms with Crippen LogP contribution >= 0.6 is 23.2 Å². The molecule has 3 saturated carbocycles. The van der Waals surface area contributed by atoms with E-state index in [1.54, 1.807) is 24.7 Å². The van der Waals surface area contributed by atoms with E-state index in [4.69, 9.17) is 23.2 Å². The van der Waals surface area contributed by atoms with Crippen LogP contribution < -0.4 is 10.9 Å². The first-order valence-electron chi connectivity index (χ1n) is 11.2. The van der Waals surface area contributed by atoms with Gasteiger partial charge in [-0.2, -0.15) is 5.10 Å². The Kier molecular flexibility index (Phi) is 6.38. The number of rotatable bonds is 7. The normalized spacial score (nSPS) is 26.8. The molecule has 2 heterocycles. The zero-order chi connectivity index (χ0) is 23.2. The lowest BCUT2D eigenvalue weighted by Crippen LogP contribution is -2.58. The molecule has 0 saturated heterocycles. The van der Waals surface area contributed by atoms with Crippen molar-refractivity contribution in [1.82, 2.24) is 14.8 Å². The summed E-state index contributed by atoms with van der Waals surface area (Å²) in [4.78, 5) is 29.4. The third-order valence-electron chi connectivity index (χ3n) is 7.87. The second kappa shape index (κ2) is 8.79. The van der Waals surface area contributed by atoms with Gasteiger partial charge in [0.1, 0.15) is 11.6 Å². The fourth-order valence-electron chi connectivity index (χ4n) is 5.69. The molecule has 2 aromatic rings. The SMILES string of the molecule is CC(CC(=O)Cn1ncc(NC2C[C@@H]3C[C@H]([C@H]2C)C3(C)C)c(Cl)c1=O)c1ccncc1Cl. The Morgan fingerprint density at radius 1 is 1.31 bits per heavy atom. The molecule has 1 N–H and O–H groups in total. The van der Waals surface area contributed by atoms with Gasteiger partial charge in [-0.15, -0.1) is 0 Å². The van der Waals surface area contributed by atoms with Gasteiger partial charge in [-0.25, -0.2) is 4.68 Å². The molecule has 2 bridgehead atoms. The highest BCUT2D eigenvalue weighted by Gasteiger charge is 2.56. The number of carbonyl (C=O) groups is 1. The molecule has 5 atom stereocenters. The number of hydrogen-bond donors (Lipinski definition) is 1. The first-order chi connectivity index (χ1) is 15.1. The second-order valence-electron chi connectivity index (χ2n) is 10.1. The Balaban J connectivity index is 1.41. The Labute approximate surface area is 198 Å². The van der Waals surface area contributed by atoms with E-state index in [2.05, 4.69) is 36.2 Å². The lowest BCUT2D eigenvalue weighted by molar-refractivity contribution is -0.120. The van der Waals surface area contributed by atoms with Crippen LogP contribution in [0.1, 0.15) is 58.4 Å². The number of aromatic nitrogens is 3. The number of halogens is 2. The maximum absolute atomic E-state index is 12.8. The summed E-state index contributed by atoms with van der Waals surface area (Å²) in [5.41, 5.74) is 1.35. The molecule has 3 fully saturated rings. The summed E-state index contributed by atoms with van der Waals surface area (Å²) in [6, 6.07) is 2.08. The molecule has 6 nitrogen and oxygen atoms in total. The fourth-order valence-corrected chi connectivity index (χ4v) is 6.19. The lowest BCUT2D eigenvalue weighted by atomic mass is 9.45. The summed E-state index contributed by atoms with van der Waals surface area (Å²) < 4.78 is 1.14. The van der Waals surface area contributed by atoms with Crippen LogP contribution in [0.5, 0.6) is 0 Å². The number of nitrogens with one attached hydrogen (secondary N) is 1.